The number of unbranched alkanes of at least 4 members (excludes halogenated alkanes) is 1. The van der Waals surface area contributed by atoms with Gasteiger partial charge < -0.3 is 15.5 Å². The molecule has 1 aromatic carbocycles. The van der Waals surface area contributed by atoms with Gasteiger partial charge in [-0.05, 0) is 31.0 Å². The lowest BCUT2D eigenvalue weighted by Gasteiger charge is -2.55. The second-order valence-corrected chi connectivity index (χ2v) is 7.82. The van der Waals surface area contributed by atoms with Crippen LogP contribution in [0.5, 0.6) is 0 Å². The van der Waals surface area contributed by atoms with Crippen LogP contribution in [0.3, 0.4) is 0 Å². The van der Waals surface area contributed by atoms with E-state index in [1.807, 2.05) is 19.9 Å². The Hall–Kier alpha value is -3.19. The van der Waals surface area contributed by atoms with Crippen LogP contribution in [0.15, 0.2) is 24.3 Å². The number of carbonyl (C=O) groups is 3. The predicted octanol–water partition coefficient (Wildman–Crippen LogP) is 1.58. The molecule has 2 saturated heterocycles. The van der Waals surface area contributed by atoms with Crippen LogP contribution in [0.4, 0.5) is 9.18 Å². The van der Waals surface area contributed by atoms with E-state index in [1.165, 1.54) is 27.1 Å². The molecule has 3 rings (SSSR count). The molecule has 2 aliphatic heterocycles. The monoisotopic (exact) mass is 430 g/mol. The first-order chi connectivity index (χ1) is 14.8. The number of urea groups is 1. The largest absolute Gasteiger partial charge is 0.350 e. The SMILES string of the molecule is CCCC[C@H]1C(=O)N(C(C)c2ccc(F)cc2)CC2N1C(=O)CN(CC#N)N2C(N)=O. The van der Waals surface area contributed by atoms with Gasteiger partial charge in [0.15, 0.2) is 0 Å². The summed E-state index contributed by atoms with van der Waals surface area (Å²) >= 11 is 0. The zero-order valence-electron chi connectivity index (χ0n) is 17.7. The summed E-state index contributed by atoms with van der Waals surface area (Å²) in [5, 5.41) is 11.7. The summed E-state index contributed by atoms with van der Waals surface area (Å²) < 4.78 is 13.4. The summed E-state index contributed by atoms with van der Waals surface area (Å²) in [7, 11) is 0. The van der Waals surface area contributed by atoms with Crippen molar-refractivity contribution >= 4 is 17.8 Å². The van der Waals surface area contributed by atoms with Crippen LogP contribution in [0, 0.1) is 17.1 Å². The molecular weight excluding hydrogens is 403 g/mol. The molecule has 0 saturated carbocycles. The van der Waals surface area contributed by atoms with Gasteiger partial charge in [0.05, 0.1) is 25.2 Å². The number of nitriles is 1. The third-order valence-electron chi connectivity index (χ3n) is 5.91. The highest BCUT2D eigenvalue weighted by Gasteiger charge is 2.51. The number of rotatable bonds is 6. The molecule has 2 unspecified atom stereocenters. The zero-order chi connectivity index (χ0) is 22.7. The van der Waals surface area contributed by atoms with Gasteiger partial charge in [-0.1, -0.05) is 31.9 Å². The van der Waals surface area contributed by atoms with Gasteiger partial charge in [0.2, 0.25) is 11.8 Å². The van der Waals surface area contributed by atoms with E-state index >= 15 is 0 Å². The highest BCUT2D eigenvalue weighted by molar-refractivity contribution is 5.91. The molecule has 2 aliphatic rings. The molecule has 3 atom stereocenters. The summed E-state index contributed by atoms with van der Waals surface area (Å²) in [6.07, 6.45) is 1.21. The first-order valence-electron chi connectivity index (χ1n) is 10.4. The van der Waals surface area contributed by atoms with Crippen molar-refractivity contribution in [1.82, 2.24) is 19.8 Å². The number of hydrogen-bond donors (Lipinski definition) is 1. The number of carbonyl (C=O) groups excluding carboxylic acids is 3. The Morgan fingerprint density at radius 2 is 2.00 bits per heavy atom. The fourth-order valence-corrected chi connectivity index (χ4v) is 4.34. The Morgan fingerprint density at radius 3 is 2.58 bits per heavy atom. The first kappa shape index (κ1) is 22.5. The smallest absolute Gasteiger partial charge is 0.331 e. The number of halogens is 1. The third kappa shape index (κ3) is 4.32. The van der Waals surface area contributed by atoms with Gasteiger partial charge in [-0.3, -0.25) is 9.59 Å². The van der Waals surface area contributed by atoms with Crippen LogP contribution in [0.25, 0.3) is 0 Å². The van der Waals surface area contributed by atoms with E-state index in [1.54, 1.807) is 17.0 Å². The number of nitrogens with two attached hydrogens (primary N) is 1. The van der Waals surface area contributed by atoms with E-state index in [-0.39, 0.29) is 37.3 Å². The quantitative estimate of drug-likeness (QED) is 0.688. The molecule has 31 heavy (non-hydrogen) atoms. The fraction of sp³-hybridized carbons (Fsp3) is 0.524. The van der Waals surface area contributed by atoms with Crippen molar-refractivity contribution in [3.63, 3.8) is 0 Å². The standard InChI is InChI=1S/C21H27FN6O3/c1-3-4-5-17-20(30)26(14(2)15-6-8-16(22)9-7-15)12-18-27(17)19(29)13-25(11-10-23)28(18)21(24)31/h6-9,14,17-18H,3-5,11-13H2,1-2H3,(H2,24,31)/t14?,17-,18?/m0/s1. The van der Waals surface area contributed by atoms with Crippen molar-refractivity contribution in [2.24, 2.45) is 5.73 Å². The Balaban J connectivity index is 2.00. The Morgan fingerprint density at radius 1 is 1.32 bits per heavy atom. The summed E-state index contributed by atoms with van der Waals surface area (Å²) in [5.74, 6) is -0.910. The molecule has 1 aromatic rings. The van der Waals surface area contributed by atoms with E-state index < -0.39 is 24.3 Å². The van der Waals surface area contributed by atoms with Crippen LogP contribution in [0.1, 0.15) is 44.7 Å². The van der Waals surface area contributed by atoms with E-state index in [0.717, 1.165) is 18.4 Å². The molecule has 166 valence electrons. The highest BCUT2D eigenvalue weighted by atomic mass is 19.1. The topological polar surface area (TPSA) is 114 Å². The second kappa shape index (κ2) is 9.31. The van der Waals surface area contributed by atoms with Gasteiger partial charge in [0.25, 0.3) is 0 Å². The molecule has 0 bridgehead atoms. The van der Waals surface area contributed by atoms with Gasteiger partial charge >= 0.3 is 6.03 Å². The van der Waals surface area contributed by atoms with Crippen molar-refractivity contribution in [1.29, 1.82) is 5.26 Å². The minimum atomic E-state index is -0.811. The van der Waals surface area contributed by atoms with Crippen LogP contribution < -0.4 is 5.73 Å². The van der Waals surface area contributed by atoms with Gasteiger partial charge in [0, 0.05) is 0 Å². The number of hydrogen-bond acceptors (Lipinski definition) is 5. The van der Waals surface area contributed by atoms with Crippen LogP contribution in [-0.2, 0) is 9.59 Å². The summed E-state index contributed by atoms with van der Waals surface area (Å²) in [6, 6.07) is 5.89. The minimum absolute atomic E-state index is 0.0383. The number of fused-ring (bicyclic) bond motifs is 1. The van der Waals surface area contributed by atoms with Crippen LogP contribution >= 0.6 is 0 Å². The van der Waals surface area contributed by atoms with E-state index in [9.17, 15) is 18.8 Å². The van der Waals surface area contributed by atoms with E-state index in [0.29, 0.717) is 6.42 Å². The van der Waals surface area contributed by atoms with Gasteiger partial charge in [-0.15, -0.1) is 0 Å². The third-order valence-corrected chi connectivity index (χ3v) is 5.91. The first-order valence-corrected chi connectivity index (χ1v) is 10.4. The van der Waals surface area contributed by atoms with Crippen molar-refractivity contribution in [2.45, 2.75) is 51.4 Å². The summed E-state index contributed by atoms with van der Waals surface area (Å²) in [6.45, 7) is 3.48. The highest BCUT2D eigenvalue weighted by Crippen LogP contribution is 2.33. The molecule has 2 heterocycles. The van der Waals surface area contributed by atoms with Crippen molar-refractivity contribution in [3.8, 4) is 6.07 Å². The lowest BCUT2D eigenvalue weighted by Crippen LogP contribution is -2.76. The number of primary amides is 1. The number of hydrazine groups is 1. The van der Waals surface area contributed by atoms with E-state index in [2.05, 4.69) is 0 Å². The average Bonchev–Trinajstić information content (AvgIpc) is 2.73. The molecule has 0 spiro atoms. The number of nitrogens with zero attached hydrogens (tertiary/aromatic N) is 5. The molecule has 9 nitrogen and oxygen atoms in total. The maximum atomic E-state index is 13.5. The molecule has 4 amide bonds. The summed E-state index contributed by atoms with van der Waals surface area (Å²) in [4.78, 5) is 41.8. The maximum Gasteiger partial charge on any atom is 0.331 e. The fourth-order valence-electron chi connectivity index (χ4n) is 4.34. The normalized spacial score (nSPS) is 22.8. The van der Waals surface area contributed by atoms with Crippen LogP contribution in [0.2, 0.25) is 0 Å². The Labute approximate surface area is 180 Å². The van der Waals surface area contributed by atoms with Gasteiger partial charge in [0.1, 0.15) is 24.6 Å². The molecule has 2 N–H and O–H groups in total. The van der Waals surface area contributed by atoms with Crippen LogP contribution in [-0.4, -0.2) is 69.5 Å². The molecule has 0 radical (unpaired) electrons. The molecule has 0 aliphatic carbocycles. The molecular formula is C21H27FN6O3. The Bertz CT molecular complexity index is 886. The van der Waals surface area contributed by atoms with Gasteiger partial charge in [-0.2, -0.15) is 10.3 Å². The van der Waals surface area contributed by atoms with E-state index in [4.69, 9.17) is 11.0 Å². The molecule has 2 fully saturated rings. The lowest BCUT2D eigenvalue weighted by molar-refractivity contribution is -0.190. The molecule has 0 aromatic heterocycles. The maximum absolute atomic E-state index is 13.5. The lowest BCUT2D eigenvalue weighted by atomic mass is 9.97. The number of benzene rings is 1. The zero-order valence-corrected chi connectivity index (χ0v) is 17.7. The average molecular weight is 430 g/mol. The van der Waals surface area contributed by atoms with Crippen molar-refractivity contribution < 1.29 is 18.8 Å². The minimum Gasteiger partial charge on any atom is -0.350 e. The van der Waals surface area contributed by atoms with Crippen molar-refractivity contribution in [3.05, 3.63) is 35.6 Å². The summed E-state index contributed by atoms with van der Waals surface area (Å²) in [5.41, 5.74) is 6.36. The predicted molar refractivity (Wildman–Crippen MR) is 109 cm³/mol. The van der Waals surface area contributed by atoms with Gasteiger partial charge in [-0.25, -0.2) is 14.2 Å². The van der Waals surface area contributed by atoms with Crippen molar-refractivity contribution in [2.75, 3.05) is 19.6 Å². The Kier molecular flexibility index (Phi) is 6.75. The number of amides is 4. The molecule has 10 heteroatoms. The second-order valence-electron chi connectivity index (χ2n) is 7.82. The number of piperazine rings is 1.